The number of hydrogen-bond donors (Lipinski definition) is 0. The Balaban J connectivity index is 2.14. The lowest BCUT2D eigenvalue weighted by Gasteiger charge is -2.12. The fourth-order valence-electron chi connectivity index (χ4n) is 1.60. The topological polar surface area (TPSA) is 40.6 Å². The van der Waals surface area contributed by atoms with Crippen molar-refractivity contribution in [2.24, 2.45) is 0 Å². The Labute approximate surface area is 106 Å². The standard InChI is InChI=1S/C14H15NO3/c1-16-12-8-15-9-13(14(12)17-2)18-10-11-6-4-3-5-7-11/h3-9H,10H2,1-2H3. The molecule has 94 valence electrons. The van der Waals surface area contributed by atoms with Crippen LogP contribution in [0.15, 0.2) is 42.7 Å². The number of rotatable bonds is 5. The summed E-state index contributed by atoms with van der Waals surface area (Å²) < 4.78 is 16.1. The zero-order valence-electron chi connectivity index (χ0n) is 10.4. The average Bonchev–Trinajstić information content (AvgIpc) is 2.45. The summed E-state index contributed by atoms with van der Waals surface area (Å²) in [5.74, 6) is 1.69. The second-order valence-electron chi connectivity index (χ2n) is 3.65. The molecule has 0 radical (unpaired) electrons. The molecule has 0 amide bonds. The van der Waals surface area contributed by atoms with E-state index in [0.29, 0.717) is 23.9 Å². The highest BCUT2D eigenvalue weighted by atomic mass is 16.5. The number of aromatic nitrogens is 1. The van der Waals surface area contributed by atoms with E-state index in [1.807, 2.05) is 30.3 Å². The third-order valence-corrected chi connectivity index (χ3v) is 2.49. The van der Waals surface area contributed by atoms with Crippen molar-refractivity contribution in [1.29, 1.82) is 0 Å². The van der Waals surface area contributed by atoms with Crippen LogP contribution in [0, 0.1) is 0 Å². The molecule has 0 aliphatic carbocycles. The van der Waals surface area contributed by atoms with Crippen LogP contribution in [0.25, 0.3) is 0 Å². The van der Waals surface area contributed by atoms with Gasteiger partial charge in [-0.15, -0.1) is 0 Å². The molecule has 1 heterocycles. The summed E-state index contributed by atoms with van der Waals surface area (Å²) >= 11 is 0. The van der Waals surface area contributed by atoms with Gasteiger partial charge in [-0.25, -0.2) is 0 Å². The van der Waals surface area contributed by atoms with Gasteiger partial charge >= 0.3 is 0 Å². The molecule has 2 rings (SSSR count). The summed E-state index contributed by atoms with van der Waals surface area (Å²) in [6.07, 6.45) is 3.21. The van der Waals surface area contributed by atoms with Crippen molar-refractivity contribution in [2.45, 2.75) is 6.61 Å². The van der Waals surface area contributed by atoms with Crippen molar-refractivity contribution < 1.29 is 14.2 Å². The van der Waals surface area contributed by atoms with Crippen LogP contribution >= 0.6 is 0 Å². The molecule has 4 heteroatoms. The van der Waals surface area contributed by atoms with Crippen LogP contribution in [0.2, 0.25) is 0 Å². The molecule has 18 heavy (non-hydrogen) atoms. The minimum absolute atomic E-state index is 0.464. The molecular weight excluding hydrogens is 230 g/mol. The Morgan fingerprint density at radius 2 is 1.67 bits per heavy atom. The molecule has 0 atom stereocenters. The van der Waals surface area contributed by atoms with Crippen molar-refractivity contribution in [3.05, 3.63) is 48.3 Å². The third-order valence-electron chi connectivity index (χ3n) is 2.49. The molecule has 0 aliphatic rings. The van der Waals surface area contributed by atoms with Crippen molar-refractivity contribution in [3.63, 3.8) is 0 Å². The first-order valence-corrected chi connectivity index (χ1v) is 5.58. The second-order valence-corrected chi connectivity index (χ2v) is 3.65. The Morgan fingerprint density at radius 1 is 0.944 bits per heavy atom. The van der Waals surface area contributed by atoms with E-state index in [2.05, 4.69) is 4.98 Å². The minimum Gasteiger partial charge on any atom is -0.491 e. The van der Waals surface area contributed by atoms with Gasteiger partial charge in [0.05, 0.1) is 26.6 Å². The smallest absolute Gasteiger partial charge is 0.206 e. The van der Waals surface area contributed by atoms with Crippen LogP contribution in [0.1, 0.15) is 5.56 Å². The zero-order valence-corrected chi connectivity index (χ0v) is 10.4. The van der Waals surface area contributed by atoms with Crippen LogP contribution in [0.4, 0.5) is 0 Å². The predicted molar refractivity (Wildman–Crippen MR) is 68.1 cm³/mol. The molecular formula is C14H15NO3. The Bertz CT molecular complexity index is 500. The highest BCUT2D eigenvalue weighted by molar-refractivity contribution is 5.48. The molecule has 0 bridgehead atoms. The van der Waals surface area contributed by atoms with E-state index in [1.165, 1.54) is 0 Å². The van der Waals surface area contributed by atoms with E-state index in [-0.39, 0.29) is 0 Å². The van der Waals surface area contributed by atoms with Crippen LogP contribution in [0.5, 0.6) is 17.2 Å². The maximum Gasteiger partial charge on any atom is 0.206 e. The number of nitrogens with zero attached hydrogens (tertiary/aromatic N) is 1. The summed E-state index contributed by atoms with van der Waals surface area (Å²) in [6, 6.07) is 9.91. The van der Waals surface area contributed by atoms with E-state index in [9.17, 15) is 0 Å². The fraction of sp³-hybridized carbons (Fsp3) is 0.214. The monoisotopic (exact) mass is 245 g/mol. The highest BCUT2D eigenvalue weighted by Crippen LogP contribution is 2.35. The van der Waals surface area contributed by atoms with Crippen molar-refractivity contribution >= 4 is 0 Å². The van der Waals surface area contributed by atoms with Gasteiger partial charge in [0.1, 0.15) is 6.61 Å². The fourth-order valence-corrected chi connectivity index (χ4v) is 1.60. The summed E-state index contributed by atoms with van der Waals surface area (Å²) in [5, 5.41) is 0. The summed E-state index contributed by atoms with van der Waals surface area (Å²) in [5.41, 5.74) is 1.09. The van der Waals surface area contributed by atoms with E-state index >= 15 is 0 Å². The predicted octanol–water partition coefficient (Wildman–Crippen LogP) is 2.68. The normalized spacial score (nSPS) is 9.89. The lowest BCUT2D eigenvalue weighted by atomic mass is 10.2. The van der Waals surface area contributed by atoms with Crippen molar-refractivity contribution in [2.75, 3.05) is 14.2 Å². The maximum absolute atomic E-state index is 5.69. The summed E-state index contributed by atoms with van der Waals surface area (Å²) in [4.78, 5) is 4.05. The van der Waals surface area contributed by atoms with Gasteiger partial charge in [-0.1, -0.05) is 30.3 Å². The quantitative estimate of drug-likeness (QED) is 0.812. The largest absolute Gasteiger partial charge is 0.491 e. The van der Waals surface area contributed by atoms with Gasteiger partial charge in [-0.2, -0.15) is 0 Å². The van der Waals surface area contributed by atoms with Gasteiger partial charge < -0.3 is 14.2 Å². The third kappa shape index (κ3) is 2.71. The van der Waals surface area contributed by atoms with Crippen molar-refractivity contribution in [3.8, 4) is 17.2 Å². The number of ether oxygens (including phenoxy) is 3. The number of benzene rings is 1. The minimum atomic E-state index is 0.464. The van der Waals surface area contributed by atoms with E-state index < -0.39 is 0 Å². The van der Waals surface area contributed by atoms with Crippen LogP contribution in [0.3, 0.4) is 0 Å². The Kier molecular flexibility index (Phi) is 4.02. The molecule has 0 saturated carbocycles. The van der Waals surface area contributed by atoms with E-state index in [1.54, 1.807) is 26.6 Å². The van der Waals surface area contributed by atoms with E-state index in [0.717, 1.165) is 5.56 Å². The number of hydrogen-bond acceptors (Lipinski definition) is 4. The molecule has 0 spiro atoms. The van der Waals surface area contributed by atoms with Crippen LogP contribution in [-0.4, -0.2) is 19.2 Å². The van der Waals surface area contributed by atoms with Gasteiger partial charge in [0.2, 0.25) is 5.75 Å². The number of pyridine rings is 1. The van der Waals surface area contributed by atoms with Crippen LogP contribution < -0.4 is 14.2 Å². The van der Waals surface area contributed by atoms with Gasteiger partial charge in [0, 0.05) is 0 Å². The lowest BCUT2D eigenvalue weighted by Crippen LogP contribution is -1.99. The SMILES string of the molecule is COc1cncc(OCc2ccccc2)c1OC. The zero-order chi connectivity index (χ0) is 12.8. The molecule has 1 aromatic heterocycles. The average molecular weight is 245 g/mol. The molecule has 0 aliphatic heterocycles. The first-order chi connectivity index (χ1) is 8.85. The highest BCUT2D eigenvalue weighted by Gasteiger charge is 2.11. The second kappa shape index (κ2) is 5.91. The molecule has 4 nitrogen and oxygen atoms in total. The molecule has 0 fully saturated rings. The maximum atomic E-state index is 5.69. The van der Waals surface area contributed by atoms with Crippen molar-refractivity contribution in [1.82, 2.24) is 4.98 Å². The van der Waals surface area contributed by atoms with E-state index in [4.69, 9.17) is 14.2 Å². The van der Waals surface area contributed by atoms with Crippen LogP contribution in [-0.2, 0) is 6.61 Å². The Hall–Kier alpha value is -2.23. The first kappa shape index (κ1) is 12.2. The molecule has 0 saturated heterocycles. The first-order valence-electron chi connectivity index (χ1n) is 5.58. The molecule has 0 unspecified atom stereocenters. The Morgan fingerprint density at radius 3 is 2.33 bits per heavy atom. The van der Waals surface area contributed by atoms with Gasteiger partial charge in [0.25, 0.3) is 0 Å². The molecule has 1 aromatic carbocycles. The van der Waals surface area contributed by atoms with Gasteiger partial charge in [-0.05, 0) is 5.56 Å². The summed E-state index contributed by atoms with van der Waals surface area (Å²) in [7, 11) is 3.15. The molecule has 2 aromatic rings. The summed E-state index contributed by atoms with van der Waals surface area (Å²) in [6.45, 7) is 0.464. The molecule has 0 N–H and O–H groups in total. The van der Waals surface area contributed by atoms with Gasteiger partial charge in [-0.3, -0.25) is 4.98 Å². The number of methoxy groups -OCH3 is 2. The lowest BCUT2D eigenvalue weighted by molar-refractivity contribution is 0.273. The van der Waals surface area contributed by atoms with Gasteiger partial charge in [0.15, 0.2) is 11.5 Å².